The molecule has 2 aliphatic rings. The van der Waals surface area contributed by atoms with Crippen LogP contribution in [0, 0.1) is 6.92 Å². The monoisotopic (exact) mass is 372 g/mol. The van der Waals surface area contributed by atoms with Gasteiger partial charge in [0.25, 0.3) is 5.91 Å². The fraction of sp³-hybridized carbons (Fsp3) is 0.684. The van der Waals surface area contributed by atoms with Crippen LogP contribution < -0.4 is 0 Å². The van der Waals surface area contributed by atoms with Crippen molar-refractivity contribution in [2.45, 2.75) is 51.5 Å². The standard InChI is InChI=1S/C19H28N6O2/c1-14-11-16(22-27-14)19(26)25-10-6-7-15(12-25)18-21-20-17(23(18)2)13-24-8-4-3-5-9-24/h11,15H,3-10,12-13H2,1-2H3/t15-/m0/s1. The van der Waals surface area contributed by atoms with Gasteiger partial charge in [0, 0.05) is 32.1 Å². The summed E-state index contributed by atoms with van der Waals surface area (Å²) < 4.78 is 7.19. The minimum atomic E-state index is -0.0627. The molecule has 0 radical (unpaired) electrons. The summed E-state index contributed by atoms with van der Waals surface area (Å²) in [4.78, 5) is 17.0. The molecule has 1 amide bonds. The summed E-state index contributed by atoms with van der Waals surface area (Å²) in [5, 5.41) is 12.8. The van der Waals surface area contributed by atoms with E-state index in [1.54, 1.807) is 13.0 Å². The Morgan fingerprint density at radius 3 is 2.74 bits per heavy atom. The Balaban J connectivity index is 1.44. The van der Waals surface area contributed by atoms with Crippen LogP contribution >= 0.6 is 0 Å². The van der Waals surface area contributed by atoms with Crippen LogP contribution in [0.4, 0.5) is 0 Å². The Bertz CT molecular complexity index is 792. The van der Waals surface area contributed by atoms with Gasteiger partial charge in [-0.25, -0.2) is 0 Å². The Hall–Kier alpha value is -2.22. The van der Waals surface area contributed by atoms with Gasteiger partial charge in [-0.2, -0.15) is 0 Å². The van der Waals surface area contributed by atoms with Gasteiger partial charge in [-0.3, -0.25) is 9.69 Å². The van der Waals surface area contributed by atoms with E-state index in [9.17, 15) is 4.79 Å². The number of piperidine rings is 2. The highest BCUT2D eigenvalue weighted by molar-refractivity contribution is 5.92. The van der Waals surface area contributed by atoms with Gasteiger partial charge in [0.15, 0.2) is 5.69 Å². The number of carbonyl (C=O) groups excluding carboxylic acids is 1. The number of likely N-dealkylation sites (tertiary alicyclic amines) is 2. The number of aryl methyl sites for hydroxylation is 1. The van der Waals surface area contributed by atoms with E-state index in [0.717, 1.165) is 50.7 Å². The molecule has 146 valence electrons. The first-order valence-electron chi connectivity index (χ1n) is 9.95. The molecule has 0 aliphatic carbocycles. The van der Waals surface area contributed by atoms with Crippen LogP contribution in [0.1, 0.15) is 65.9 Å². The summed E-state index contributed by atoms with van der Waals surface area (Å²) >= 11 is 0. The first-order chi connectivity index (χ1) is 13.1. The van der Waals surface area contributed by atoms with E-state index in [2.05, 4.69) is 31.9 Å². The molecule has 1 atom stereocenters. The topological polar surface area (TPSA) is 80.3 Å². The molecule has 2 aromatic heterocycles. The van der Waals surface area contributed by atoms with Crippen molar-refractivity contribution >= 4 is 5.91 Å². The summed E-state index contributed by atoms with van der Waals surface area (Å²) in [6, 6.07) is 1.70. The predicted molar refractivity (Wildman–Crippen MR) is 99.2 cm³/mol. The lowest BCUT2D eigenvalue weighted by Crippen LogP contribution is -2.40. The maximum atomic E-state index is 12.7. The molecular formula is C19H28N6O2. The van der Waals surface area contributed by atoms with Crippen LogP contribution in [0.2, 0.25) is 0 Å². The van der Waals surface area contributed by atoms with E-state index in [-0.39, 0.29) is 11.8 Å². The summed E-state index contributed by atoms with van der Waals surface area (Å²) in [6.07, 6.45) is 5.86. The maximum Gasteiger partial charge on any atom is 0.276 e. The Kier molecular flexibility index (Phi) is 5.24. The van der Waals surface area contributed by atoms with E-state index >= 15 is 0 Å². The van der Waals surface area contributed by atoms with Gasteiger partial charge >= 0.3 is 0 Å². The molecule has 4 rings (SSSR count). The van der Waals surface area contributed by atoms with Crippen LogP contribution in [0.25, 0.3) is 0 Å². The molecule has 0 saturated carbocycles. The second-order valence-electron chi connectivity index (χ2n) is 7.78. The van der Waals surface area contributed by atoms with Crippen molar-refractivity contribution in [3.63, 3.8) is 0 Å². The number of nitrogens with zero attached hydrogens (tertiary/aromatic N) is 6. The molecular weight excluding hydrogens is 344 g/mol. The third kappa shape index (κ3) is 3.90. The lowest BCUT2D eigenvalue weighted by Gasteiger charge is -2.31. The van der Waals surface area contributed by atoms with Gasteiger partial charge in [-0.05, 0) is 45.7 Å². The van der Waals surface area contributed by atoms with Gasteiger partial charge in [0.1, 0.15) is 17.4 Å². The lowest BCUT2D eigenvalue weighted by molar-refractivity contribution is 0.0693. The zero-order valence-electron chi connectivity index (χ0n) is 16.2. The molecule has 2 aliphatic heterocycles. The van der Waals surface area contributed by atoms with E-state index in [4.69, 9.17) is 4.52 Å². The zero-order valence-corrected chi connectivity index (χ0v) is 16.2. The molecule has 27 heavy (non-hydrogen) atoms. The summed E-state index contributed by atoms with van der Waals surface area (Å²) in [7, 11) is 2.05. The van der Waals surface area contributed by atoms with Crippen molar-refractivity contribution in [2.75, 3.05) is 26.2 Å². The third-order valence-electron chi connectivity index (χ3n) is 5.73. The number of amides is 1. The van der Waals surface area contributed by atoms with Crippen LogP contribution in [-0.2, 0) is 13.6 Å². The molecule has 0 aromatic carbocycles. The molecule has 0 spiro atoms. The van der Waals surface area contributed by atoms with Gasteiger partial charge in [-0.15, -0.1) is 10.2 Å². The molecule has 8 nitrogen and oxygen atoms in total. The minimum Gasteiger partial charge on any atom is -0.361 e. The fourth-order valence-electron chi connectivity index (χ4n) is 4.19. The fourth-order valence-corrected chi connectivity index (χ4v) is 4.19. The normalized spacial score (nSPS) is 21.6. The Morgan fingerprint density at radius 1 is 1.19 bits per heavy atom. The number of aromatic nitrogens is 4. The first-order valence-corrected chi connectivity index (χ1v) is 9.95. The molecule has 2 saturated heterocycles. The number of hydrogen-bond acceptors (Lipinski definition) is 6. The molecule has 0 N–H and O–H groups in total. The Labute approximate surface area is 159 Å². The minimum absolute atomic E-state index is 0.0627. The van der Waals surface area contributed by atoms with Crippen molar-refractivity contribution in [3.8, 4) is 0 Å². The maximum absolute atomic E-state index is 12.7. The van der Waals surface area contributed by atoms with Crippen LogP contribution in [0.5, 0.6) is 0 Å². The van der Waals surface area contributed by atoms with E-state index < -0.39 is 0 Å². The van der Waals surface area contributed by atoms with E-state index in [0.29, 0.717) is 18.0 Å². The molecule has 0 bridgehead atoms. The van der Waals surface area contributed by atoms with E-state index in [1.165, 1.54) is 19.3 Å². The van der Waals surface area contributed by atoms with Gasteiger partial charge in [0.2, 0.25) is 0 Å². The summed E-state index contributed by atoms with van der Waals surface area (Å²) in [5.74, 6) is 2.80. The average Bonchev–Trinajstić information content (AvgIpc) is 3.28. The SMILES string of the molecule is Cc1cc(C(=O)N2CCC[C@H](c3nnc(CN4CCCCC4)n3C)C2)no1. The number of carbonyl (C=O) groups is 1. The van der Waals surface area contributed by atoms with Crippen LogP contribution in [0.3, 0.4) is 0 Å². The molecule has 2 aromatic rings. The third-order valence-corrected chi connectivity index (χ3v) is 5.73. The summed E-state index contributed by atoms with van der Waals surface area (Å²) in [6.45, 7) is 6.35. The highest BCUT2D eigenvalue weighted by Gasteiger charge is 2.30. The number of rotatable bonds is 4. The second kappa shape index (κ2) is 7.80. The molecule has 8 heteroatoms. The largest absolute Gasteiger partial charge is 0.361 e. The van der Waals surface area contributed by atoms with E-state index in [1.807, 2.05) is 4.90 Å². The van der Waals surface area contributed by atoms with Crippen molar-refractivity contribution in [1.29, 1.82) is 0 Å². The molecule has 4 heterocycles. The van der Waals surface area contributed by atoms with Crippen molar-refractivity contribution < 1.29 is 9.32 Å². The Morgan fingerprint density at radius 2 is 2.00 bits per heavy atom. The summed E-state index contributed by atoms with van der Waals surface area (Å²) in [5.41, 5.74) is 0.386. The van der Waals surface area contributed by atoms with Gasteiger partial charge in [-0.1, -0.05) is 11.6 Å². The molecule has 0 unspecified atom stereocenters. The highest BCUT2D eigenvalue weighted by atomic mass is 16.5. The van der Waals surface area contributed by atoms with Crippen LogP contribution in [-0.4, -0.2) is 61.8 Å². The smallest absolute Gasteiger partial charge is 0.276 e. The first kappa shape index (κ1) is 18.2. The predicted octanol–water partition coefficient (Wildman–Crippen LogP) is 2.12. The number of hydrogen-bond donors (Lipinski definition) is 0. The lowest BCUT2D eigenvalue weighted by atomic mass is 9.97. The second-order valence-corrected chi connectivity index (χ2v) is 7.78. The van der Waals surface area contributed by atoms with Crippen molar-refractivity contribution in [2.24, 2.45) is 7.05 Å². The highest BCUT2D eigenvalue weighted by Crippen LogP contribution is 2.27. The molecule has 2 fully saturated rings. The van der Waals surface area contributed by atoms with Crippen LogP contribution in [0.15, 0.2) is 10.6 Å². The van der Waals surface area contributed by atoms with Crippen molar-refractivity contribution in [3.05, 3.63) is 29.2 Å². The quantitative estimate of drug-likeness (QED) is 0.818. The van der Waals surface area contributed by atoms with Crippen molar-refractivity contribution in [1.82, 2.24) is 29.7 Å². The van der Waals surface area contributed by atoms with Gasteiger partial charge < -0.3 is 14.0 Å². The average molecular weight is 372 g/mol. The zero-order chi connectivity index (χ0) is 18.8. The van der Waals surface area contributed by atoms with Gasteiger partial charge in [0.05, 0.1) is 6.54 Å².